The van der Waals surface area contributed by atoms with E-state index < -0.39 is 35.1 Å². The van der Waals surface area contributed by atoms with Gasteiger partial charge < -0.3 is 20.8 Å². The quantitative estimate of drug-likeness (QED) is 0.156. The monoisotopic (exact) mass is 667 g/mol. The maximum atomic E-state index is 15.0. The van der Waals surface area contributed by atoms with Crippen molar-refractivity contribution >= 4 is 46.7 Å². The van der Waals surface area contributed by atoms with Crippen molar-refractivity contribution in [3.05, 3.63) is 107 Å². The Bertz CT molecular complexity index is 2060. The molecule has 2 aliphatic heterocycles. The van der Waals surface area contributed by atoms with Crippen molar-refractivity contribution in [2.45, 2.75) is 19.3 Å². The van der Waals surface area contributed by atoms with Crippen LogP contribution in [-0.4, -0.2) is 82.5 Å². The van der Waals surface area contributed by atoms with E-state index in [1.54, 1.807) is 36.2 Å². The average Bonchev–Trinajstić information content (AvgIpc) is 3.76. The van der Waals surface area contributed by atoms with E-state index in [0.717, 1.165) is 6.07 Å². The van der Waals surface area contributed by atoms with Crippen LogP contribution in [-0.2, 0) is 17.6 Å². The number of hydrogen-bond acceptors (Lipinski definition) is 12. The van der Waals surface area contributed by atoms with Crippen molar-refractivity contribution in [3.63, 3.8) is 0 Å². The highest BCUT2D eigenvalue weighted by Gasteiger charge is 2.26. The zero-order valence-electron chi connectivity index (χ0n) is 25.5. The Balaban J connectivity index is 1.14. The number of aryl methyl sites for hydroxylation is 2. The van der Waals surface area contributed by atoms with Gasteiger partial charge in [0.25, 0.3) is 11.8 Å². The molecule has 6 rings (SSSR count). The minimum atomic E-state index is -1.44. The molecule has 0 fully saturated rings. The van der Waals surface area contributed by atoms with Crippen LogP contribution < -0.4 is 16.2 Å². The van der Waals surface area contributed by atoms with Gasteiger partial charge in [-0.25, -0.2) is 24.5 Å². The van der Waals surface area contributed by atoms with E-state index in [2.05, 4.69) is 41.6 Å². The molecule has 0 aliphatic carbocycles. The van der Waals surface area contributed by atoms with Crippen LogP contribution in [0.3, 0.4) is 0 Å². The third-order valence-electron chi connectivity index (χ3n) is 7.42. The van der Waals surface area contributed by atoms with Gasteiger partial charge in [-0.3, -0.25) is 14.2 Å². The fourth-order valence-electron chi connectivity index (χ4n) is 4.96. The second-order valence-electron chi connectivity index (χ2n) is 10.7. The van der Waals surface area contributed by atoms with Crippen molar-refractivity contribution in [3.8, 4) is 5.82 Å². The van der Waals surface area contributed by atoms with E-state index in [1.807, 2.05) is 0 Å². The Morgan fingerprint density at radius 3 is 2.39 bits per heavy atom. The van der Waals surface area contributed by atoms with Gasteiger partial charge in [-0.2, -0.15) is 5.12 Å². The number of amides is 2. The molecule has 17 nitrogen and oxygen atoms in total. The van der Waals surface area contributed by atoms with Crippen LogP contribution in [0.4, 0.5) is 15.8 Å². The molecule has 5 N–H and O–H groups in total. The molecule has 0 spiro atoms. The van der Waals surface area contributed by atoms with E-state index in [4.69, 9.17) is 0 Å². The molecule has 2 aromatic heterocycles. The number of hydrazine groups is 2. The predicted molar refractivity (Wildman–Crippen MR) is 171 cm³/mol. The third-order valence-corrected chi connectivity index (χ3v) is 7.42. The van der Waals surface area contributed by atoms with Gasteiger partial charge in [0.1, 0.15) is 12.1 Å². The number of anilines is 2. The van der Waals surface area contributed by atoms with Crippen molar-refractivity contribution in [2.75, 3.05) is 17.7 Å². The van der Waals surface area contributed by atoms with Crippen molar-refractivity contribution < 1.29 is 33.8 Å². The number of nitrogens with one attached hydrogen (secondary N) is 3. The Morgan fingerprint density at radius 1 is 0.898 bits per heavy atom. The second-order valence-corrected chi connectivity index (χ2v) is 10.7. The number of carboxylic acid groups (broad SMARTS) is 2. The summed E-state index contributed by atoms with van der Waals surface area (Å²) in [4.78, 5) is 53.6. The number of aromatic nitrogens is 4. The summed E-state index contributed by atoms with van der Waals surface area (Å²) < 4.78 is 16.6. The number of hydrazone groups is 2. The average molecular weight is 668 g/mol. The van der Waals surface area contributed by atoms with Crippen LogP contribution in [0.25, 0.3) is 5.82 Å². The molecule has 4 aromatic rings. The number of aromatic carboxylic acids is 2. The number of carboxylic acids is 2. The minimum absolute atomic E-state index is 0.0120. The molecule has 4 heterocycles. The lowest BCUT2D eigenvalue weighted by atomic mass is 9.99. The number of rotatable bonds is 11. The first-order chi connectivity index (χ1) is 23.6. The first-order valence-corrected chi connectivity index (χ1v) is 14.6. The predicted octanol–water partition coefficient (Wildman–Crippen LogP) is 2.47. The summed E-state index contributed by atoms with van der Waals surface area (Å²) in [5.74, 6) is -3.99. The molecule has 0 saturated heterocycles. The number of nitrogens with zero attached hydrogens (tertiary/aromatic N) is 8. The minimum Gasteiger partial charge on any atom is -0.478 e. The van der Waals surface area contributed by atoms with Crippen molar-refractivity contribution in [2.24, 2.45) is 10.2 Å². The highest BCUT2D eigenvalue weighted by atomic mass is 19.1. The molecule has 248 valence electrons. The molecule has 49 heavy (non-hydrogen) atoms. The zero-order chi connectivity index (χ0) is 34.7. The van der Waals surface area contributed by atoms with Gasteiger partial charge in [-0.05, 0) is 78.9 Å². The number of carbonyl (C=O) groups excluding carboxylic acids is 2. The molecule has 2 aliphatic rings. The summed E-state index contributed by atoms with van der Waals surface area (Å²) in [5, 5.41) is 43.4. The normalized spacial score (nSPS) is 13.6. The van der Waals surface area contributed by atoms with Gasteiger partial charge in [-0.15, -0.1) is 20.4 Å². The lowest BCUT2D eigenvalue weighted by Gasteiger charge is -2.22. The standard InChI is InChI=1S/C31H26FN11O6/c1-41-40-38-27-10-8-23(39-43(27)41)29(45)34-24-13-17(5-6-19(24)30(46)47)3-2-4-18-14-25(20(31(48)49)15-21(18)32)35-28(44)22-7-9-26(37-36-22)42-12-11-33-16-42/h5-16,40H,2-4H2,1H3,(H,34,45)(H,35,44)(H,46,47)(H,48,49). The lowest BCUT2D eigenvalue weighted by Crippen LogP contribution is -2.41. The van der Waals surface area contributed by atoms with E-state index in [9.17, 15) is 29.4 Å². The van der Waals surface area contributed by atoms with Gasteiger partial charge in [0.2, 0.25) is 0 Å². The molecule has 0 atom stereocenters. The smallest absolute Gasteiger partial charge is 0.337 e. The van der Waals surface area contributed by atoms with Gasteiger partial charge in [0.05, 0.1) is 22.5 Å². The van der Waals surface area contributed by atoms with Gasteiger partial charge >= 0.3 is 11.9 Å². The molecule has 0 bridgehead atoms. The molecule has 2 amide bonds. The summed E-state index contributed by atoms with van der Waals surface area (Å²) >= 11 is 0. The van der Waals surface area contributed by atoms with E-state index in [0.29, 0.717) is 30.1 Å². The fraction of sp³-hybridized carbons (Fsp3) is 0.129. The number of halogens is 1. The maximum absolute atomic E-state index is 15.0. The molecule has 2 aromatic carbocycles. The van der Waals surface area contributed by atoms with Crippen LogP contribution in [0.5, 0.6) is 0 Å². The summed E-state index contributed by atoms with van der Waals surface area (Å²) in [5.41, 5.74) is 2.71. The molecule has 0 unspecified atom stereocenters. The van der Waals surface area contributed by atoms with Crippen LogP contribution in [0.2, 0.25) is 0 Å². The Morgan fingerprint density at radius 2 is 1.67 bits per heavy atom. The molecule has 0 radical (unpaired) electrons. The first-order valence-electron chi connectivity index (χ1n) is 14.6. The van der Waals surface area contributed by atoms with E-state index in [-0.39, 0.29) is 40.3 Å². The highest BCUT2D eigenvalue weighted by Crippen LogP contribution is 2.25. The summed E-state index contributed by atoms with van der Waals surface area (Å²) in [6.45, 7) is 0. The number of imidazole rings is 1. The number of carbonyl (C=O) groups is 4. The van der Waals surface area contributed by atoms with Gasteiger partial charge in [0.15, 0.2) is 23.1 Å². The fourth-order valence-corrected chi connectivity index (χ4v) is 4.96. The van der Waals surface area contributed by atoms with E-state index >= 15 is 4.39 Å². The summed E-state index contributed by atoms with van der Waals surface area (Å²) in [6.07, 6.45) is 8.55. The van der Waals surface area contributed by atoms with Gasteiger partial charge in [0, 0.05) is 19.4 Å². The zero-order valence-corrected chi connectivity index (χ0v) is 25.5. The highest BCUT2D eigenvalue weighted by molar-refractivity contribution is 6.48. The lowest BCUT2D eigenvalue weighted by molar-refractivity contribution is -0.110. The topological polar surface area (TPSA) is 220 Å². The maximum Gasteiger partial charge on any atom is 0.337 e. The Hall–Kier alpha value is -6.82. The third kappa shape index (κ3) is 6.98. The first kappa shape index (κ1) is 32.1. The van der Waals surface area contributed by atoms with Crippen LogP contribution in [0.15, 0.2) is 83.5 Å². The summed E-state index contributed by atoms with van der Waals surface area (Å²) in [7, 11) is 1.64. The molecular formula is C31H26FN11O6. The summed E-state index contributed by atoms with van der Waals surface area (Å²) in [6, 6.07) is 9.49. The second kappa shape index (κ2) is 13.5. The Labute approximate surface area is 276 Å². The van der Waals surface area contributed by atoms with Crippen LogP contribution in [0.1, 0.15) is 48.8 Å². The number of amidine groups is 1. The van der Waals surface area contributed by atoms with Crippen molar-refractivity contribution in [1.29, 1.82) is 0 Å². The Kier molecular flexibility index (Phi) is 8.85. The largest absolute Gasteiger partial charge is 0.478 e. The molecular weight excluding hydrogens is 641 g/mol. The molecule has 0 saturated carbocycles. The molecule has 18 heteroatoms. The van der Waals surface area contributed by atoms with E-state index in [1.165, 1.54) is 53.0 Å². The SMILES string of the molecule is CN1NN=C2C=CC(C(=O)Nc3cc(CCCc4cc(NC(=O)c5ccc(-n6ccnc6)nn5)c(C(=O)O)cc4F)ccc3C(=O)O)=NN21. The van der Waals surface area contributed by atoms with Gasteiger partial charge in [-0.1, -0.05) is 11.2 Å². The number of benzene rings is 2. The number of fused-ring (bicyclic) bond motifs is 1. The number of hydrogen-bond donors (Lipinski definition) is 5. The van der Waals surface area contributed by atoms with Crippen LogP contribution >= 0.6 is 0 Å². The van der Waals surface area contributed by atoms with Crippen LogP contribution in [0, 0.1) is 5.82 Å². The van der Waals surface area contributed by atoms with Crippen molar-refractivity contribution in [1.82, 2.24) is 35.5 Å².